The molecule has 0 aromatic heterocycles. The Labute approximate surface area is 223 Å². The van der Waals surface area contributed by atoms with E-state index in [1.54, 1.807) is 30.9 Å². The normalized spacial score (nSPS) is 18.8. The smallest absolute Gasteiger partial charge is 0.336 e. The second-order valence-corrected chi connectivity index (χ2v) is 9.87. The SMILES string of the molecule is CCOC(=O)C1=C(C)N(Cc2cccc(C(=O)N3CCN(CC)CC3)c2)C(=O)CC1c1cccc(Cl)c1. The van der Waals surface area contributed by atoms with E-state index in [9.17, 15) is 14.4 Å². The van der Waals surface area contributed by atoms with Crippen LogP contribution in [0, 0.1) is 0 Å². The standard InChI is InChI=1S/C29H34ClN3O4/c1-4-31-12-14-32(15-13-31)28(35)23-10-6-8-21(16-23)19-33-20(3)27(29(36)37-5-2)25(18-26(33)34)22-9-7-11-24(30)17-22/h6-11,16-17,25H,4-5,12-15,18-19H2,1-3H3. The van der Waals surface area contributed by atoms with Gasteiger partial charge in [-0.3, -0.25) is 9.59 Å². The molecule has 37 heavy (non-hydrogen) atoms. The van der Waals surface area contributed by atoms with Crippen LogP contribution in [-0.2, 0) is 20.9 Å². The number of nitrogens with zero attached hydrogens (tertiary/aromatic N) is 3. The van der Waals surface area contributed by atoms with E-state index >= 15 is 0 Å². The number of hydrogen-bond acceptors (Lipinski definition) is 5. The van der Waals surface area contributed by atoms with Gasteiger partial charge in [-0.2, -0.15) is 0 Å². The van der Waals surface area contributed by atoms with E-state index in [0.717, 1.165) is 30.8 Å². The minimum Gasteiger partial charge on any atom is -0.463 e. The van der Waals surface area contributed by atoms with Gasteiger partial charge in [0, 0.05) is 54.8 Å². The van der Waals surface area contributed by atoms with Crippen molar-refractivity contribution in [3.8, 4) is 0 Å². The van der Waals surface area contributed by atoms with E-state index in [1.165, 1.54) is 0 Å². The molecule has 2 aliphatic heterocycles. The fourth-order valence-electron chi connectivity index (χ4n) is 5.12. The Morgan fingerprint density at radius 1 is 1.03 bits per heavy atom. The van der Waals surface area contributed by atoms with E-state index in [2.05, 4.69) is 11.8 Å². The van der Waals surface area contributed by atoms with E-state index < -0.39 is 11.9 Å². The third-order valence-electron chi connectivity index (χ3n) is 7.19. The van der Waals surface area contributed by atoms with Crippen molar-refractivity contribution in [2.75, 3.05) is 39.3 Å². The lowest BCUT2D eigenvalue weighted by Gasteiger charge is -2.35. The number of esters is 1. The summed E-state index contributed by atoms with van der Waals surface area (Å²) in [6.45, 7) is 10.3. The lowest BCUT2D eigenvalue weighted by Crippen LogP contribution is -2.48. The van der Waals surface area contributed by atoms with E-state index in [4.69, 9.17) is 16.3 Å². The van der Waals surface area contributed by atoms with Crippen molar-refractivity contribution in [3.63, 3.8) is 0 Å². The molecule has 1 unspecified atom stereocenters. The molecule has 0 N–H and O–H groups in total. The molecule has 2 heterocycles. The molecule has 196 valence electrons. The van der Waals surface area contributed by atoms with Gasteiger partial charge < -0.3 is 19.4 Å². The number of allylic oxidation sites excluding steroid dienone is 1. The van der Waals surface area contributed by atoms with Crippen LogP contribution in [0.25, 0.3) is 0 Å². The van der Waals surface area contributed by atoms with Crippen LogP contribution in [0.4, 0.5) is 0 Å². The maximum Gasteiger partial charge on any atom is 0.336 e. The number of likely N-dealkylation sites (N-methyl/N-ethyl adjacent to an activating group) is 1. The Bertz CT molecular complexity index is 1200. The molecule has 0 spiro atoms. The highest BCUT2D eigenvalue weighted by Gasteiger charge is 2.37. The number of amides is 2. The summed E-state index contributed by atoms with van der Waals surface area (Å²) in [7, 11) is 0. The molecule has 7 nitrogen and oxygen atoms in total. The van der Waals surface area contributed by atoms with Crippen LogP contribution in [0.5, 0.6) is 0 Å². The van der Waals surface area contributed by atoms with Crippen molar-refractivity contribution < 1.29 is 19.1 Å². The van der Waals surface area contributed by atoms with Crippen LogP contribution in [0.15, 0.2) is 59.8 Å². The van der Waals surface area contributed by atoms with Gasteiger partial charge in [0.1, 0.15) is 0 Å². The number of halogens is 1. The maximum absolute atomic E-state index is 13.4. The number of hydrogen-bond donors (Lipinski definition) is 0. The number of piperazine rings is 1. The van der Waals surface area contributed by atoms with Gasteiger partial charge in [0.15, 0.2) is 0 Å². The molecule has 0 saturated carbocycles. The zero-order chi connectivity index (χ0) is 26.5. The van der Waals surface area contributed by atoms with E-state index in [1.807, 2.05) is 41.3 Å². The maximum atomic E-state index is 13.4. The van der Waals surface area contributed by atoms with Crippen LogP contribution < -0.4 is 0 Å². The monoisotopic (exact) mass is 523 g/mol. The lowest BCUT2D eigenvalue weighted by molar-refractivity contribution is -0.140. The van der Waals surface area contributed by atoms with Crippen LogP contribution in [-0.4, -0.2) is 71.8 Å². The first-order valence-electron chi connectivity index (χ1n) is 12.9. The Hall–Kier alpha value is -3.16. The van der Waals surface area contributed by atoms with Crippen LogP contribution in [0.2, 0.25) is 5.02 Å². The summed E-state index contributed by atoms with van der Waals surface area (Å²) in [5.74, 6) is -0.958. The summed E-state index contributed by atoms with van der Waals surface area (Å²) in [4.78, 5) is 45.4. The molecule has 4 rings (SSSR count). The average molecular weight is 524 g/mol. The Balaban J connectivity index is 1.59. The Morgan fingerprint density at radius 2 is 1.76 bits per heavy atom. The first-order valence-corrected chi connectivity index (χ1v) is 13.2. The topological polar surface area (TPSA) is 70.2 Å². The predicted molar refractivity (Wildman–Crippen MR) is 143 cm³/mol. The van der Waals surface area contributed by atoms with Crippen molar-refractivity contribution in [1.29, 1.82) is 0 Å². The van der Waals surface area contributed by atoms with Crippen LogP contribution in [0.3, 0.4) is 0 Å². The Kier molecular flexibility index (Phi) is 8.67. The molecule has 0 radical (unpaired) electrons. The molecule has 0 aliphatic carbocycles. The molecular weight excluding hydrogens is 490 g/mol. The molecule has 1 saturated heterocycles. The fraction of sp³-hybridized carbons (Fsp3) is 0.414. The summed E-state index contributed by atoms with van der Waals surface area (Å²) in [5.41, 5.74) is 3.27. The highest BCUT2D eigenvalue weighted by Crippen LogP contribution is 2.38. The number of benzene rings is 2. The quantitative estimate of drug-likeness (QED) is 0.501. The second kappa shape index (κ2) is 11.9. The molecular formula is C29H34ClN3O4. The fourth-order valence-corrected chi connectivity index (χ4v) is 5.32. The summed E-state index contributed by atoms with van der Waals surface area (Å²) in [6.07, 6.45) is 0.131. The third-order valence-corrected chi connectivity index (χ3v) is 7.43. The van der Waals surface area contributed by atoms with Crippen molar-refractivity contribution in [2.24, 2.45) is 0 Å². The predicted octanol–water partition coefficient (Wildman–Crippen LogP) is 4.47. The highest BCUT2D eigenvalue weighted by atomic mass is 35.5. The summed E-state index contributed by atoms with van der Waals surface area (Å²) < 4.78 is 5.38. The molecule has 2 aromatic carbocycles. The third kappa shape index (κ3) is 6.05. The first-order chi connectivity index (χ1) is 17.8. The molecule has 2 aromatic rings. The zero-order valence-electron chi connectivity index (χ0n) is 21.7. The molecule has 2 aliphatic rings. The summed E-state index contributed by atoms with van der Waals surface area (Å²) in [5, 5.41) is 0.547. The van der Waals surface area contributed by atoms with Crippen LogP contribution in [0.1, 0.15) is 54.6 Å². The van der Waals surface area contributed by atoms with Gasteiger partial charge in [0.05, 0.1) is 18.7 Å². The minimum absolute atomic E-state index is 0.00284. The second-order valence-electron chi connectivity index (χ2n) is 9.44. The first kappa shape index (κ1) is 26.9. The molecule has 1 fully saturated rings. The summed E-state index contributed by atoms with van der Waals surface area (Å²) >= 11 is 6.21. The van der Waals surface area contributed by atoms with E-state index in [0.29, 0.717) is 34.9 Å². The van der Waals surface area contributed by atoms with Crippen LogP contribution >= 0.6 is 11.6 Å². The van der Waals surface area contributed by atoms with Gasteiger partial charge in [-0.05, 0) is 55.8 Å². The highest BCUT2D eigenvalue weighted by molar-refractivity contribution is 6.30. The van der Waals surface area contributed by atoms with Gasteiger partial charge in [0.2, 0.25) is 5.91 Å². The van der Waals surface area contributed by atoms with E-state index in [-0.39, 0.29) is 31.4 Å². The van der Waals surface area contributed by atoms with Gasteiger partial charge in [-0.1, -0.05) is 42.8 Å². The van der Waals surface area contributed by atoms with Crippen molar-refractivity contribution >= 4 is 29.4 Å². The van der Waals surface area contributed by atoms with Crippen molar-refractivity contribution in [1.82, 2.24) is 14.7 Å². The number of ether oxygens (including phenoxy) is 1. The van der Waals surface area contributed by atoms with Crippen molar-refractivity contribution in [3.05, 3.63) is 81.5 Å². The van der Waals surface area contributed by atoms with Gasteiger partial charge in [0.25, 0.3) is 5.91 Å². The molecule has 0 bridgehead atoms. The lowest BCUT2D eigenvalue weighted by atomic mass is 9.83. The zero-order valence-corrected chi connectivity index (χ0v) is 22.5. The number of rotatable bonds is 7. The number of carbonyl (C=O) groups excluding carboxylic acids is 3. The van der Waals surface area contributed by atoms with Gasteiger partial charge in [-0.15, -0.1) is 0 Å². The Morgan fingerprint density at radius 3 is 2.43 bits per heavy atom. The van der Waals surface area contributed by atoms with Gasteiger partial charge in [-0.25, -0.2) is 4.79 Å². The largest absolute Gasteiger partial charge is 0.463 e. The molecule has 8 heteroatoms. The average Bonchev–Trinajstić information content (AvgIpc) is 2.90. The molecule has 1 atom stereocenters. The van der Waals surface area contributed by atoms with Gasteiger partial charge >= 0.3 is 5.97 Å². The number of carbonyl (C=O) groups is 3. The molecule has 2 amide bonds. The van der Waals surface area contributed by atoms with Crippen molar-refractivity contribution in [2.45, 2.75) is 39.7 Å². The summed E-state index contributed by atoms with van der Waals surface area (Å²) in [6, 6.07) is 14.7. The minimum atomic E-state index is -0.434.